The van der Waals surface area contributed by atoms with Crippen molar-refractivity contribution >= 4 is 28.6 Å². The van der Waals surface area contributed by atoms with Gasteiger partial charge in [0.1, 0.15) is 6.61 Å². The first-order valence-corrected chi connectivity index (χ1v) is 7.25. The zero-order valence-electron chi connectivity index (χ0n) is 11.0. The number of nitriles is 1. The molecule has 5 heteroatoms. The monoisotopic (exact) mass is 304 g/mol. The third-order valence-corrected chi connectivity index (χ3v) is 4.06. The van der Waals surface area contributed by atoms with Crippen LogP contribution in [0.4, 0.5) is 0 Å². The molecule has 0 unspecified atom stereocenters. The fourth-order valence-corrected chi connectivity index (χ4v) is 2.58. The highest BCUT2D eigenvalue weighted by atomic mass is 35.5. The van der Waals surface area contributed by atoms with E-state index in [0.29, 0.717) is 18.1 Å². The Hall–Kier alpha value is -1.83. The van der Waals surface area contributed by atoms with E-state index in [1.54, 1.807) is 11.3 Å². The predicted octanol–water partition coefficient (Wildman–Crippen LogP) is 4.41. The van der Waals surface area contributed by atoms with Gasteiger partial charge in [0.25, 0.3) is 0 Å². The van der Waals surface area contributed by atoms with E-state index in [0.717, 1.165) is 21.0 Å². The quantitative estimate of drug-likeness (QED) is 0.607. The second-order valence-electron chi connectivity index (χ2n) is 4.18. The third-order valence-electron chi connectivity index (χ3n) is 2.62. The number of thiophene rings is 1. The van der Waals surface area contributed by atoms with Gasteiger partial charge in [-0.3, -0.25) is 0 Å². The fraction of sp³-hybridized carbons (Fsp3) is 0.200. The van der Waals surface area contributed by atoms with Crippen molar-refractivity contribution in [1.29, 1.82) is 5.26 Å². The lowest BCUT2D eigenvalue weighted by Gasteiger charge is -2.01. The zero-order valence-corrected chi connectivity index (χ0v) is 12.5. The Kier molecular flexibility index (Phi) is 5.16. The SMILES string of the molecule is C/C(=N/OCc1ccc(Cl)cc1)c1ccc(CC#N)s1. The minimum absolute atomic E-state index is 0.408. The molecule has 0 aliphatic carbocycles. The van der Waals surface area contributed by atoms with E-state index in [1.807, 2.05) is 43.3 Å². The van der Waals surface area contributed by atoms with Crippen LogP contribution in [0.1, 0.15) is 22.2 Å². The first-order valence-electron chi connectivity index (χ1n) is 6.06. The Morgan fingerprint density at radius 2 is 2.05 bits per heavy atom. The van der Waals surface area contributed by atoms with Crippen molar-refractivity contribution in [1.82, 2.24) is 0 Å². The maximum atomic E-state index is 8.65. The Bertz CT molecular complexity index is 641. The average molecular weight is 305 g/mol. The molecule has 0 radical (unpaired) electrons. The highest BCUT2D eigenvalue weighted by Crippen LogP contribution is 2.18. The minimum atomic E-state index is 0.408. The number of halogens is 1. The van der Waals surface area contributed by atoms with Crippen molar-refractivity contribution in [3.8, 4) is 6.07 Å². The van der Waals surface area contributed by atoms with Gasteiger partial charge in [0.15, 0.2) is 0 Å². The van der Waals surface area contributed by atoms with Crippen LogP contribution < -0.4 is 0 Å². The summed E-state index contributed by atoms with van der Waals surface area (Å²) in [5.74, 6) is 0. The highest BCUT2D eigenvalue weighted by molar-refractivity contribution is 7.14. The molecular weight excluding hydrogens is 292 g/mol. The van der Waals surface area contributed by atoms with E-state index in [9.17, 15) is 0 Å². The average Bonchev–Trinajstić information content (AvgIpc) is 2.90. The molecule has 2 rings (SSSR count). The van der Waals surface area contributed by atoms with Crippen LogP contribution >= 0.6 is 22.9 Å². The molecule has 0 spiro atoms. The summed E-state index contributed by atoms with van der Waals surface area (Å²) in [7, 11) is 0. The number of hydrogen-bond acceptors (Lipinski definition) is 4. The summed E-state index contributed by atoms with van der Waals surface area (Å²) in [6.07, 6.45) is 0.434. The van der Waals surface area contributed by atoms with Gasteiger partial charge in [-0.05, 0) is 36.8 Å². The zero-order chi connectivity index (χ0) is 14.4. The van der Waals surface area contributed by atoms with Crippen LogP contribution in [0.2, 0.25) is 5.02 Å². The maximum absolute atomic E-state index is 8.65. The molecule has 0 saturated carbocycles. The van der Waals surface area contributed by atoms with Gasteiger partial charge in [0, 0.05) is 9.90 Å². The van der Waals surface area contributed by atoms with Crippen LogP contribution in [0.15, 0.2) is 41.6 Å². The molecule has 1 aromatic carbocycles. The molecule has 0 N–H and O–H groups in total. The third kappa shape index (κ3) is 4.09. The standard InChI is InChI=1S/C15H13ClN2OS/c1-11(15-7-6-14(20-15)8-9-17)18-19-10-12-2-4-13(16)5-3-12/h2-7H,8,10H2,1H3/b18-11-. The minimum Gasteiger partial charge on any atom is -0.391 e. The molecule has 2 aromatic rings. The molecule has 20 heavy (non-hydrogen) atoms. The van der Waals surface area contributed by atoms with Crippen LogP contribution in [0.25, 0.3) is 0 Å². The van der Waals surface area contributed by atoms with Crippen molar-refractivity contribution in [2.75, 3.05) is 0 Å². The second kappa shape index (κ2) is 7.09. The Morgan fingerprint density at radius 3 is 2.75 bits per heavy atom. The van der Waals surface area contributed by atoms with Crippen LogP contribution in [0.5, 0.6) is 0 Å². The number of oxime groups is 1. The molecule has 0 saturated heterocycles. The lowest BCUT2D eigenvalue weighted by Crippen LogP contribution is -1.94. The summed E-state index contributed by atoms with van der Waals surface area (Å²) < 4.78 is 0. The maximum Gasteiger partial charge on any atom is 0.142 e. The van der Waals surface area contributed by atoms with Crippen molar-refractivity contribution in [2.24, 2.45) is 5.16 Å². The van der Waals surface area contributed by atoms with Gasteiger partial charge in [-0.15, -0.1) is 11.3 Å². The number of rotatable bonds is 5. The van der Waals surface area contributed by atoms with Crippen molar-refractivity contribution in [3.63, 3.8) is 0 Å². The Balaban J connectivity index is 1.93. The van der Waals surface area contributed by atoms with E-state index >= 15 is 0 Å². The predicted molar refractivity (Wildman–Crippen MR) is 82.1 cm³/mol. The Morgan fingerprint density at radius 1 is 1.30 bits per heavy atom. The van der Waals surface area contributed by atoms with E-state index in [2.05, 4.69) is 11.2 Å². The number of hydrogen-bond donors (Lipinski definition) is 0. The fourth-order valence-electron chi connectivity index (χ4n) is 1.57. The summed E-state index contributed by atoms with van der Waals surface area (Å²) in [4.78, 5) is 7.39. The van der Waals surface area contributed by atoms with Gasteiger partial charge in [-0.25, -0.2) is 0 Å². The van der Waals surface area contributed by atoms with E-state index in [-0.39, 0.29) is 0 Å². The van der Waals surface area contributed by atoms with Gasteiger partial charge in [0.2, 0.25) is 0 Å². The molecule has 102 valence electrons. The van der Waals surface area contributed by atoms with E-state index in [4.69, 9.17) is 21.7 Å². The molecule has 1 heterocycles. The number of nitrogens with zero attached hydrogens (tertiary/aromatic N) is 2. The summed E-state index contributed by atoms with van der Waals surface area (Å²) in [6.45, 7) is 2.30. The van der Waals surface area contributed by atoms with E-state index in [1.165, 1.54) is 0 Å². The number of benzene rings is 1. The molecule has 0 aliphatic rings. The van der Waals surface area contributed by atoms with Gasteiger partial charge < -0.3 is 4.84 Å². The van der Waals surface area contributed by atoms with Gasteiger partial charge >= 0.3 is 0 Å². The molecule has 0 aliphatic heterocycles. The highest BCUT2D eigenvalue weighted by Gasteiger charge is 2.03. The summed E-state index contributed by atoms with van der Waals surface area (Å²) in [5.41, 5.74) is 1.83. The first-order chi connectivity index (χ1) is 9.69. The molecule has 0 amide bonds. The molecule has 0 bridgehead atoms. The second-order valence-corrected chi connectivity index (χ2v) is 5.78. The van der Waals surface area contributed by atoms with Crippen molar-refractivity contribution < 1.29 is 4.84 Å². The summed E-state index contributed by atoms with van der Waals surface area (Å²) >= 11 is 7.38. The van der Waals surface area contributed by atoms with Crippen LogP contribution in [0.3, 0.4) is 0 Å². The smallest absolute Gasteiger partial charge is 0.142 e. The summed E-state index contributed by atoms with van der Waals surface area (Å²) in [6, 6.07) is 13.5. The Labute approximate surface area is 127 Å². The van der Waals surface area contributed by atoms with Gasteiger partial charge in [-0.2, -0.15) is 5.26 Å². The molecule has 1 aromatic heterocycles. The van der Waals surface area contributed by atoms with E-state index < -0.39 is 0 Å². The van der Waals surface area contributed by atoms with Crippen molar-refractivity contribution in [3.05, 3.63) is 56.7 Å². The molecular formula is C15H13ClN2OS. The lowest BCUT2D eigenvalue weighted by molar-refractivity contribution is 0.130. The largest absolute Gasteiger partial charge is 0.391 e. The molecule has 0 fully saturated rings. The van der Waals surface area contributed by atoms with Gasteiger partial charge in [-0.1, -0.05) is 28.9 Å². The van der Waals surface area contributed by atoms with Crippen molar-refractivity contribution in [2.45, 2.75) is 20.0 Å². The van der Waals surface area contributed by atoms with Crippen LogP contribution in [-0.2, 0) is 17.9 Å². The van der Waals surface area contributed by atoms with Gasteiger partial charge in [0.05, 0.1) is 23.1 Å². The first kappa shape index (κ1) is 14.6. The van der Waals surface area contributed by atoms with Crippen LogP contribution in [-0.4, -0.2) is 5.71 Å². The topological polar surface area (TPSA) is 45.4 Å². The molecule has 0 atom stereocenters. The normalized spacial score (nSPS) is 11.2. The molecule has 3 nitrogen and oxygen atoms in total. The lowest BCUT2D eigenvalue weighted by atomic mass is 10.2. The summed E-state index contributed by atoms with van der Waals surface area (Å²) in [5, 5.41) is 13.4. The van der Waals surface area contributed by atoms with Crippen LogP contribution in [0, 0.1) is 11.3 Å².